The fourth-order valence-electron chi connectivity index (χ4n) is 3.79. The first-order valence-corrected chi connectivity index (χ1v) is 10.1. The van der Waals surface area contributed by atoms with Gasteiger partial charge in [-0.2, -0.15) is 0 Å². The number of nitrogens with one attached hydrogen (secondary N) is 2. The highest BCUT2D eigenvalue weighted by Crippen LogP contribution is 2.40. The molecule has 2 saturated carbocycles. The van der Waals surface area contributed by atoms with Gasteiger partial charge in [-0.25, -0.2) is 0 Å². The molecule has 4 heteroatoms. The molecule has 2 aliphatic rings. The van der Waals surface area contributed by atoms with E-state index in [4.69, 9.17) is 0 Å². The molecule has 1 aromatic carbocycles. The monoisotopic (exact) mass is 356 g/mol. The molecule has 2 aliphatic carbocycles. The van der Waals surface area contributed by atoms with Crippen molar-refractivity contribution in [3.63, 3.8) is 0 Å². The first-order chi connectivity index (χ1) is 12.3. The Hall–Kier alpha value is -1.84. The van der Waals surface area contributed by atoms with Crippen LogP contribution in [0.4, 0.5) is 5.69 Å². The summed E-state index contributed by atoms with van der Waals surface area (Å²) in [5, 5.41) is 6.14. The van der Waals surface area contributed by atoms with Gasteiger partial charge in [-0.15, -0.1) is 0 Å². The van der Waals surface area contributed by atoms with E-state index in [-0.39, 0.29) is 29.1 Å². The van der Waals surface area contributed by atoms with Crippen molar-refractivity contribution in [3.05, 3.63) is 29.8 Å². The maximum absolute atomic E-state index is 12.4. The van der Waals surface area contributed by atoms with E-state index < -0.39 is 0 Å². The molecule has 142 valence electrons. The standard InChI is InChI=1S/C22H32N2O2/c1-22(2,3)15-10-12-17(13-11-15)24-21(26)19-14-18(19)20(25)23-16-8-6-4-5-7-9-16/h10-13,16,18-19H,4-9,14H2,1-3H3,(H,23,25)(H,24,26). The van der Waals surface area contributed by atoms with Gasteiger partial charge in [-0.1, -0.05) is 58.6 Å². The van der Waals surface area contributed by atoms with E-state index in [0.717, 1.165) is 18.5 Å². The van der Waals surface area contributed by atoms with Crippen LogP contribution in [0.2, 0.25) is 0 Å². The molecule has 2 atom stereocenters. The Morgan fingerprint density at radius 1 is 0.885 bits per heavy atom. The molecule has 0 saturated heterocycles. The van der Waals surface area contributed by atoms with Gasteiger partial charge in [0.15, 0.2) is 0 Å². The predicted molar refractivity (Wildman–Crippen MR) is 105 cm³/mol. The zero-order valence-electron chi connectivity index (χ0n) is 16.3. The summed E-state index contributed by atoms with van der Waals surface area (Å²) in [5.41, 5.74) is 2.14. The van der Waals surface area contributed by atoms with Crippen LogP contribution < -0.4 is 10.6 Å². The molecule has 0 heterocycles. The highest BCUT2D eigenvalue weighted by Gasteiger charge is 2.48. The van der Waals surface area contributed by atoms with Crippen molar-refractivity contribution in [2.24, 2.45) is 11.8 Å². The van der Waals surface area contributed by atoms with Crippen LogP contribution >= 0.6 is 0 Å². The Balaban J connectivity index is 1.48. The number of amides is 2. The number of benzene rings is 1. The quantitative estimate of drug-likeness (QED) is 0.786. The third-order valence-corrected chi connectivity index (χ3v) is 5.68. The van der Waals surface area contributed by atoms with Crippen molar-refractivity contribution in [2.75, 3.05) is 5.32 Å². The predicted octanol–water partition coefficient (Wildman–Crippen LogP) is 4.40. The molecule has 0 radical (unpaired) electrons. The molecule has 2 N–H and O–H groups in total. The second kappa shape index (κ2) is 7.81. The Morgan fingerprint density at radius 2 is 1.46 bits per heavy atom. The van der Waals surface area contributed by atoms with Crippen molar-refractivity contribution < 1.29 is 9.59 Å². The zero-order chi connectivity index (χ0) is 18.7. The average molecular weight is 357 g/mol. The summed E-state index contributed by atoms with van der Waals surface area (Å²) in [4.78, 5) is 24.8. The maximum Gasteiger partial charge on any atom is 0.228 e. The molecule has 2 fully saturated rings. The van der Waals surface area contributed by atoms with E-state index in [1.165, 1.54) is 31.2 Å². The van der Waals surface area contributed by atoms with E-state index in [0.29, 0.717) is 12.5 Å². The van der Waals surface area contributed by atoms with Crippen molar-refractivity contribution in [1.29, 1.82) is 0 Å². The van der Waals surface area contributed by atoms with E-state index in [9.17, 15) is 9.59 Å². The minimum absolute atomic E-state index is 0.0328. The van der Waals surface area contributed by atoms with Gasteiger partial charge in [0.25, 0.3) is 0 Å². The minimum Gasteiger partial charge on any atom is -0.353 e. The Bertz CT molecular complexity index is 637. The summed E-state index contributed by atoms with van der Waals surface area (Å²) in [6, 6.07) is 8.31. The molecule has 2 amide bonds. The van der Waals surface area contributed by atoms with Gasteiger partial charge in [-0.3, -0.25) is 9.59 Å². The lowest BCUT2D eigenvalue weighted by Crippen LogP contribution is -2.36. The number of hydrogen-bond acceptors (Lipinski definition) is 2. The van der Waals surface area contributed by atoms with Crippen LogP contribution in [0.15, 0.2) is 24.3 Å². The highest BCUT2D eigenvalue weighted by atomic mass is 16.2. The van der Waals surface area contributed by atoms with Gasteiger partial charge >= 0.3 is 0 Å². The third-order valence-electron chi connectivity index (χ3n) is 5.68. The molecule has 4 nitrogen and oxygen atoms in total. The van der Waals surface area contributed by atoms with E-state index >= 15 is 0 Å². The number of rotatable bonds is 4. The van der Waals surface area contributed by atoms with Gasteiger partial charge in [0.1, 0.15) is 0 Å². The third kappa shape index (κ3) is 4.87. The zero-order valence-corrected chi connectivity index (χ0v) is 16.3. The van der Waals surface area contributed by atoms with Gasteiger partial charge in [-0.05, 0) is 42.4 Å². The van der Waals surface area contributed by atoms with Crippen LogP contribution in [0.3, 0.4) is 0 Å². The summed E-state index contributed by atoms with van der Waals surface area (Å²) in [6.07, 6.45) is 7.77. The molecule has 3 rings (SSSR count). The lowest BCUT2D eigenvalue weighted by atomic mass is 9.87. The molecule has 0 spiro atoms. The van der Waals surface area contributed by atoms with Crippen LogP contribution in [0.5, 0.6) is 0 Å². The molecule has 0 aromatic heterocycles. The lowest BCUT2D eigenvalue weighted by molar-refractivity contribution is -0.125. The Kier molecular flexibility index (Phi) is 5.69. The van der Waals surface area contributed by atoms with Gasteiger partial charge < -0.3 is 10.6 Å². The van der Waals surface area contributed by atoms with Crippen LogP contribution in [-0.4, -0.2) is 17.9 Å². The molecular weight excluding hydrogens is 324 g/mol. The molecule has 26 heavy (non-hydrogen) atoms. The van der Waals surface area contributed by atoms with E-state index in [1.54, 1.807) is 0 Å². The molecule has 2 unspecified atom stereocenters. The lowest BCUT2D eigenvalue weighted by Gasteiger charge is -2.19. The SMILES string of the molecule is CC(C)(C)c1ccc(NC(=O)C2CC2C(=O)NC2CCCCCC2)cc1. The van der Waals surface area contributed by atoms with Crippen LogP contribution in [0.25, 0.3) is 0 Å². The summed E-state index contributed by atoms with van der Waals surface area (Å²) in [5.74, 6) is -0.287. The van der Waals surface area contributed by atoms with Crippen molar-refractivity contribution in [3.8, 4) is 0 Å². The van der Waals surface area contributed by atoms with Crippen LogP contribution in [0.1, 0.15) is 71.3 Å². The van der Waals surface area contributed by atoms with Crippen LogP contribution in [0, 0.1) is 11.8 Å². The fourth-order valence-corrected chi connectivity index (χ4v) is 3.79. The number of anilines is 1. The van der Waals surface area contributed by atoms with Gasteiger partial charge in [0.2, 0.25) is 11.8 Å². The number of carbonyl (C=O) groups excluding carboxylic acids is 2. The number of hydrogen-bond donors (Lipinski definition) is 2. The van der Waals surface area contributed by atoms with E-state index in [1.807, 2.05) is 12.1 Å². The van der Waals surface area contributed by atoms with Gasteiger partial charge in [0.05, 0.1) is 11.8 Å². The second-order valence-electron chi connectivity index (χ2n) is 8.96. The normalized spacial score (nSPS) is 23.8. The van der Waals surface area contributed by atoms with Crippen molar-refractivity contribution in [2.45, 2.75) is 77.2 Å². The van der Waals surface area contributed by atoms with Gasteiger partial charge in [0, 0.05) is 11.7 Å². The number of carbonyl (C=O) groups is 2. The fraction of sp³-hybridized carbons (Fsp3) is 0.636. The molecule has 0 aliphatic heterocycles. The van der Waals surface area contributed by atoms with Crippen molar-refractivity contribution in [1.82, 2.24) is 5.32 Å². The summed E-state index contributed by atoms with van der Waals surface area (Å²) in [7, 11) is 0. The first kappa shape index (κ1) is 18.9. The molecule has 0 bridgehead atoms. The molecular formula is C22H32N2O2. The smallest absolute Gasteiger partial charge is 0.228 e. The summed E-state index contributed by atoms with van der Waals surface area (Å²) >= 11 is 0. The Morgan fingerprint density at radius 3 is 2.04 bits per heavy atom. The maximum atomic E-state index is 12.4. The average Bonchev–Trinajstić information content (AvgIpc) is 3.39. The van der Waals surface area contributed by atoms with Crippen LogP contribution in [-0.2, 0) is 15.0 Å². The molecule has 1 aromatic rings. The van der Waals surface area contributed by atoms with E-state index in [2.05, 4.69) is 43.5 Å². The Labute approximate surface area is 157 Å². The largest absolute Gasteiger partial charge is 0.353 e. The second-order valence-corrected chi connectivity index (χ2v) is 8.96. The first-order valence-electron chi connectivity index (χ1n) is 10.1. The minimum atomic E-state index is -0.178. The topological polar surface area (TPSA) is 58.2 Å². The summed E-state index contributed by atoms with van der Waals surface area (Å²) in [6.45, 7) is 6.51. The summed E-state index contributed by atoms with van der Waals surface area (Å²) < 4.78 is 0. The highest BCUT2D eigenvalue weighted by molar-refractivity contribution is 5.99. The van der Waals surface area contributed by atoms with Crippen molar-refractivity contribution >= 4 is 17.5 Å².